The van der Waals surface area contributed by atoms with Crippen LogP contribution in [0.3, 0.4) is 0 Å². The molecule has 262 valence electrons. The van der Waals surface area contributed by atoms with Crippen LogP contribution in [0, 0.1) is 45.8 Å². The van der Waals surface area contributed by atoms with Crippen molar-refractivity contribution < 1.29 is 26.8 Å². The van der Waals surface area contributed by atoms with Gasteiger partial charge < -0.3 is 14.2 Å². The Bertz CT molecular complexity index is 1380. The SMILES string of the molecule is C[C@]12[C@@H](OCCN=[N+]=[N-])C[C@H]3C(C(OCCN=[N+]=[N-])CC4C[C@H](OCCN=[N+]=[N-])CC[C@@]43C)[C@@H]1CC[C@@H]2[C@@]1(C)CCC1OS(C)(=O)=O. The molecule has 0 aromatic rings. The second kappa shape index (κ2) is 14.7. The van der Waals surface area contributed by atoms with E-state index < -0.39 is 10.1 Å². The van der Waals surface area contributed by atoms with E-state index in [-0.39, 0.29) is 71.5 Å². The molecular weight excluding hydrogens is 626 g/mol. The lowest BCUT2D eigenvalue weighted by Gasteiger charge is -2.66. The molecule has 5 aliphatic rings. The molecule has 0 radical (unpaired) electrons. The van der Waals surface area contributed by atoms with Gasteiger partial charge in [0.25, 0.3) is 10.1 Å². The Kier molecular flexibility index (Phi) is 11.2. The van der Waals surface area contributed by atoms with Gasteiger partial charge in [-0.1, -0.05) is 36.1 Å². The van der Waals surface area contributed by atoms with Crippen molar-refractivity contribution in [1.29, 1.82) is 0 Å². The smallest absolute Gasteiger partial charge is 0.264 e. The first-order valence-electron chi connectivity index (χ1n) is 17.2. The minimum absolute atomic E-state index is 0.0293. The van der Waals surface area contributed by atoms with Crippen LogP contribution in [0.15, 0.2) is 15.3 Å². The number of rotatable bonds is 15. The van der Waals surface area contributed by atoms with Crippen LogP contribution in [-0.4, -0.2) is 78.5 Å². The number of ether oxygens (including phenoxy) is 3. The van der Waals surface area contributed by atoms with E-state index in [1.165, 1.54) is 0 Å². The van der Waals surface area contributed by atoms with E-state index in [4.69, 9.17) is 35.0 Å². The third-order valence-corrected chi connectivity index (χ3v) is 13.8. The van der Waals surface area contributed by atoms with Crippen LogP contribution in [0.5, 0.6) is 0 Å². The van der Waals surface area contributed by atoms with Crippen LogP contribution in [0.1, 0.15) is 78.6 Å². The summed E-state index contributed by atoms with van der Waals surface area (Å²) in [6.07, 6.45) is 8.85. The van der Waals surface area contributed by atoms with Crippen molar-refractivity contribution in [3.63, 3.8) is 0 Å². The lowest BCUT2D eigenvalue weighted by atomic mass is 9.41. The number of hydrogen-bond donors (Lipinski definition) is 0. The summed E-state index contributed by atoms with van der Waals surface area (Å²) in [5.41, 5.74) is 25.9. The molecule has 0 N–H and O–H groups in total. The van der Waals surface area contributed by atoms with E-state index in [0.29, 0.717) is 44.6 Å². The van der Waals surface area contributed by atoms with Crippen molar-refractivity contribution in [2.45, 2.75) is 103 Å². The van der Waals surface area contributed by atoms with E-state index in [2.05, 4.69) is 50.8 Å². The third kappa shape index (κ3) is 7.07. The van der Waals surface area contributed by atoms with Gasteiger partial charge in [-0.2, -0.15) is 8.42 Å². The largest absolute Gasteiger partial charge is 0.378 e. The van der Waals surface area contributed by atoms with E-state index >= 15 is 0 Å². The second-order valence-corrected chi connectivity index (χ2v) is 16.8. The molecule has 0 heterocycles. The molecule has 5 aliphatic carbocycles. The normalized spacial score (nSPS) is 42.3. The highest BCUT2D eigenvalue weighted by molar-refractivity contribution is 7.86. The molecular formula is C31H51N9O6S. The molecule has 15 nitrogen and oxygen atoms in total. The maximum absolute atomic E-state index is 12.3. The average Bonchev–Trinajstić information content (AvgIpc) is 3.39. The van der Waals surface area contributed by atoms with Gasteiger partial charge in [0.1, 0.15) is 0 Å². The topological polar surface area (TPSA) is 217 Å². The van der Waals surface area contributed by atoms with Gasteiger partial charge >= 0.3 is 0 Å². The second-order valence-electron chi connectivity index (χ2n) is 15.2. The summed E-state index contributed by atoms with van der Waals surface area (Å²) in [5, 5.41) is 11.1. The third-order valence-electron chi connectivity index (χ3n) is 13.2. The fourth-order valence-electron chi connectivity index (χ4n) is 11.1. The van der Waals surface area contributed by atoms with Gasteiger partial charge in [0.05, 0.1) is 50.5 Å². The fraction of sp³-hybridized carbons (Fsp3) is 1.00. The molecule has 0 aliphatic heterocycles. The maximum Gasteiger partial charge on any atom is 0.264 e. The average molecular weight is 678 g/mol. The first kappa shape index (κ1) is 36.0. The molecule has 0 saturated heterocycles. The number of fused-ring (bicyclic) bond motifs is 5. The highest BCUT2D eigenvalue weighted by Crippen LogP contribution is 2.72. The molecule has 0 bridgehead atoms. The summed E-state index contributed by atoms with van der Waals surface area (Å²) < 4.78 is 49.9. The van der Waals surface area contributed by atoms with Gasteiger partial charge in [-0.25, -0.2) is 0 Å². The lowest BCUT2D eigenvalue weighted by Crippen LogP contribution is -2.65. The minimum Gasteiger partial charge on any atom is -0.378 e. The van der Waals surface area contributed by atoms with Gasteiger partial charge in [0.15, 0.2) is 0 Å². The Labute approximate surface area is 277 Å². The summed E-state index contributed by atoms with van der Waals surface area (Å²) in [7, 11) is -3.61. The van der Waals surface area contributed by atoms with Crippen molar-refractivity contribution in [3.05, 3.63) is 31.3 Å². The van der Waals surface area contributed by atoms with E-state index in [1.807, 2.05) is 0 Å². The Morgan fingerprint density at radius 3 is 1.94 bits per heavy atom. The van der Waals surface area contributed by atoms with Gasteiger partial charge in [0, 0.05) is 39.8 Å². The van der Waals surface area contributed by atoms with E-state index in [0.717, 1.165) is 57.6 Å². The lowest BCUT2D eigenvalue weighted by molar-refractivity contribution is -0.238. The zero-order valence-electron chi connectivity index (χ0n) is 28.2. The van der Waals surface area contributed by atoms with Crippen molar-refractivity contribution in [1.82, 2.24) is 0 Å². The van der Waals surface area contributed by atoms with Crippen molar-refractivity contribution in [2.24, 2.45) is 61.2 Å². The molecule has 0 aromatic heterocycles. The number of hydrogen-bond acceptors (Lipinski definition) is 9. The standard InChI is InChI=1S/C31H51N9O6S/c1-29-9-7-21(43-14-11-35-38-32)17-20(29)18-24(44-15-12-36-39-33)28-22-5-6-25(30(2)10-8-26(30)46-47(4,41)42)31(22,3)27(19-23(28)29)45-16-13-37-40-34/h20-28H,5-19H2,1-4H3/t20?,21-,22+,23+,24?,25-,26?,27+,28?,29+,30-,31+/m1/s1. The quantitative estimate of drug-likeness (QED) is 0.0578. The van der Waals surface area contributed by atoms with Crippen molar-refractivity contribution >= 4 is 10.1 Å². The zero-order chi connectivity index (χ0) is 33.9. The molecule has 16 heteroatoms. The molecule has 4 unspecified atom stereocenters. The van der Waals surface area contributed by atoms with Crippen LogP contribution in [0.2, 0.25) is 0 Å². The van der Waals surface area contributed by atoms with Gasteiger partial charge in [-0.15, -0.1) is 0 Å². The van der Waals surface area contributed by atoms with E-state index in [9.17, 15) is 8.42 Å². The molecule has 47 heavy (non-hydrogen) atoms. The minimum atomic E-state index is -3.61. The number of nitrogens with zero attached hydrogens (tertiary/aromatic N) is 9. The molecule has 5 fully saturated rings. The first-order chi connectivity index (χ1) is 22.4. The van der Waals surface area contributed by atoms with Crippen LogP contribution < -0.4 is 0 Å². The Balaban J connectivity index is 1.48. The summed E-state index contributed by atoms with van der Waals surface area (Å²) in [5.74, 6) is 1.38. The Morgan fingerprint density at radius 1 is 0.723 bits per heavy atom. The van der Waals surface area contributed by atoms with Crippen molar-refractivity contribution in [3.8, 4) is 0 Å². The van der Waals surface area contributed by atoms with Crippen LogP contribution in [0.25, 0.3) is 31.3 Å². The molecule has 12 atom stereocenters. The number of azide groups is 3. The molecule has 0 aromatic carbocycles. The van der Waals surface area contributed by atoms with Crippen LogP contribution in [-0.2, 0) is 28.5 Å². The van der Waals surface area contributed by atoms with Crippen LogP contribution in [0.4, 0.5) is 0 Å². The summed E-state index contributed by atoms with van der Waals surface area (Å²) in [4.78, 5) is 8.70. The van der Waals surface area contributed by atoms with Gasteiger partial charge in [-0.05, 0) is 115 Å². The highest BCUT2D eigenvalue weighted by atomic mass is 32.2. The molecule has 5 rings (SSSR count). The van der Waals surface area contributed by atoms with E-state index in [1.54, 1.807) is 0 Å². The Hall–Kier alpha value is -2.28. The maximum atomic E-state index is 12.3. The van der Waals surface area contributed by atoms with Gasteiger partial charge in [-0.3, -0.25) is 4.18 Å². The molecule has 5 saturated carbocycles. The summed E-state index contributed by atoms with van der Waals surface area (Å²) in [6.45, 7) is 8.92. The summed E-state index contributed by atoms with van der Waals surface area (Å²) in [6, 6.07) is 0. The monoisotopic (exact) mass is 677 g/mol. The van der Waals surface area contributed by atoms with Gasteiger partial charge in [0.2, 0.25) is 0 Å². The highest BCUT2D eigenvalue weighted by Gasteiger charge is 2.70. The van der Waals surface area contributed by atoms with Crippen LogP contribution >= 0.6 is 0 Å². The molecule has 0 amide bonds. The predicted octanol–water partition coefficient (Wildman–Crippen LogP) is 7.10. The first-order valence-corrected chi connectivity index (χ1v) is 19.0. The molecule has 0 spiro atoms. The fourth-order valence-corrected chi connectivity index (χ4v) is 11.8. The predicted molar refractivity (Wildman–Crippen MR) is 174 cm³/mol. The zero-order valence-corrected chi connectivity index (χ0v) is 29.0. The summed E-state index contributed by atoms with van der Waals surface area (Å²) >= 11 is 0. The Morgan fingerprint density at radius 2 is 1.34 bits per heavy atom. The van der Waals surface area contributed by atoms with Crippen molar-refractivity contribution in [2.75, 3.05) is 45.7 Å².